The lowest BCUT2D eigenvalue weighted by Gasteiger charge is -1.92. The summed E-state index contributed by atoms with van der Waals surface area (Å²) in [6.45, 7) is 3.09. The fourth-order valence-corrected chi connectivity index (χ4v) is 0.631. The van der Waals surface area contributed by atoms with E-state index in [9.17, 15) is 0 Å². The molecule has 11 heavy (non-hydrogen) atoms. The zero-order valence-electron chi connectivity index (χ0n) is 6.96. The molecule has 0 bridgehead atoms. The van der Waals surface area contributed by atoms with Gasteiger partial charge in [0, 0.05) is 13.1 Å². The van der Waals surface area contributed by atoms with Crippen LogP contribution in [0.4, 0.5) is 0 Å². The maximum atomic E-state index is 5.46. The number of allylic oxidation sites excluding steroid dienone is 3. The van der Waals surface area contributed by atoms with Crippen molar-refractivity contribution in [1.29, 1.82) is 0 Å². The molecule has 2 nitrogen and oxygen atoms in total. The van der Waals surface area contributed by atoms with Crippen molar-refractivity contribution in [3.05, 3.63) is 36.0 Å². The molecule has 0 atom stereocenters. The van der Waals surface area contributed by atoms with Gasteiger partial charge in [-0.3, -0.25) is 0 Å². The molecule has 0 aromatic rings. The molecule has 4 N–H and O–H groups in total. The van der Waals surface area contributed by atoms with Crippen LogP contribution in [0.25, 0.3) is 0 Å². The molecular weight excluding hydrogens is 136 g/mol. The molecule has 0 saturated carbocycles. The zero-order chi connectivity index (χ0) is 8.53. The second-order valence-corrected chi connectivity index (χ2v) is 2.11. The quantitative estimate of drug-likeness (QED) is 0.589. The van der Waals surface area contributed by atoms with Crippen molar-refractivity contribution in [3.8, 4) is 0 Å². The molecule has 0 saturated heterocycles. The third kappa shape index (κ3) is 5.58. The van der Waals surface area contributed by atoms with Gasteiger partial charge in [0.1, 0.15) is 0 Å². The van der Waals surface area contributed by atoms with Gasteiger partial charge in [-0.1, -0.05) is 30.4 Å². The summed E-state index contributed by atoms with van der Waals surface area (Å²) in [5.41, 5.74) is 11.8. The van der Waals surface area contributed by atoms with E-state index in [1.807, 2.05) is 37.3 Å². The van der Waals surface area contributed by atoms with Gasteiger partial charge in [0.25, 0.3) is 0 Å². The van der Waals surface area contributed by atoms with Gasteiger partial charge in [-0.2, -0.15) is 0 Å². The van der Waals surface area contributed by atoms with Crippen LogP contribution in [0.1, 0.15) is 6.92 Å². The molecule has 0 radical (unpaired) electrons. The third-order valence-electron chi connectivity index (χ3n) is 1.21. The maximum Gasteiger partial charge on any atom is 0.0177 e. The first-order valence-electron chi connectivity index (χ1n) is 3.73. The first-order chi connectivity index (χ1) is 5.35. The van der Waals surface area contributed by atoms with Crippen LogP contribution in [-0.2, 0) is 0 Å². The Morgan fingerprint density at radius 3 is 2.55 bits per heavy atom. The SMILES string of the molecule is C\C=C/C=C(\C=C\CN)CN. The van der Waals surface area contributed by atoms with E-state index in [0.717, 1.165) is 5.57 Å². The summed E-state index contributed by atoms with van der Waals surface area (Å²) in [7, 11) is 0. The van der Waals surface area contributed by atoms with E-state index in [4.69, 9.17) is 11.5 Å². The minimum absolute atomic E-state index is 0.556. The molecule has 0 aliphatic heterocycles. The average Bonchev–Trinajstić information content (AvgIpc) is 2.05. The van der Waals surface area contributed by atoms with E-state index in [0.29, 0.717) is 13.1 Å². The van der Waals surface area contributed by atoms with Gasteiger partial charge in [-0.05, 0) is 12.5 Å². The lowest BCUT2D eigenvalue weighted by atomic mass is 10.2. The summed E-state index contributed by atoms with van der Waals surface area (Å²) < 4.78 is 0. The van der Waals surface area contributed by atoms with E-state index in [2.05, 4.69) is 0 Å². The lowest BCUT2D eigenvalue weighted by molar-refractivity contribution is 1.17. The van der Waals surface area contributed by atoms with Crippen LogP contribution in [0.3, 0.4) is 0 Å². The van der Waals surface area contributed by atoms with E-state index < -0.39 is 0 Å². The summed E-state index contributed by atoms with van der Waals surface area (Å²) >= 11 is 0. The van der Waals surface area contributed by atoms with Crippen LogP contribution >= 0.6 is 0 Å². The van der Waals surface area contributed by atoms with Gasteiger partial charge in [0.2, 0.25) is 0 Å². The summed E-state index contributed by atoms with van der Waals surface area (Å²) in [6.07, 6.45) is 9.74. The minimum atomic E-state index is 0.556. The molecule has 0 rings (SSSR count). The van der Waals surface area contributed by atoms with E-state index in [1.54, 1.807) is 0 Å². The summed E-state index contributed by atoms with van der Waals surface area (Å²) in [5, 5.41) is 0. The van der Waals surface area contributed by atoms with Crippen molar-refractivity contribution in [3.63, 3.8) is 0 Å². The molecule has 0 amide bonds. The Labute approximate surface area is 68.3 Å². The molecule has 0 aromatic heterocycles. The van der Waals surface area contributed by atoms with Gasteiger partial charge < -0.3 is 11.5 Å². The molecule has 0 aliphatic rings. The van der Waals surface area contributed by atoms with Crippen molar-refractivity contribution in [2.45, 2.75) is 6.92 Å². The zero-order valence-corrected chi connectivity index (χ0v) is 6.96. The van der Waals surface area contributed by atoms with Gasteiger partial charge in [-0.15, -0.1) is 0 Å². The molecule has 2 heteroatoms. The number of hydrogen-bond donors (Lipinski definition) is 2. The molecule has 62 valence electrons. The molecule has 0 unspecified atom stereocenters. The predicted molar refractivity (Wildman–Crippen MR) is 50.1 cm³/mol. The van der Waals surface area contributed by atoms with Crippen LogP contribution < -0.4 is 11.5 Å². The van der Waals surface area contributed by atoms with Crippen molar-refractivity contribution in [2.24, 2.45) is 11.5 Å². The smallest absolute Gasteiger partial charge is 0.0177 e. The van der Waals surface area contributed by atoms with Crippen LogP contribution in [0.2, 0.25) is 0 Å². The fourth-order valence-electron chi connectivity index (χ4n) is 0.631. The molecule has 0 heterocycles. The highest BCUT2D eigenvalue weighted by Gasteiger charge is 1.82. The van der Waals surface area contributed by atoms with Crippen LogP contribution in [0, 0.1) is 0 Å². The Hall–Kier alpha value is -0.860. The van der Waals surface area contributed by atoms with Crippen molar-refractivity contribution >= 4 is 0 Å². The number of rotatable bonds is 4. The molecule has 0 aliphatic carbocycles. The Balaban J connectivity index is 4.04. The fraction of sp³-hybridized carbons (Fsp3) is 0.333. The van der Waals surface area contributed by atoms with E-state index in [-0.39, 0.29) is 0 Å². The standard InChI is InChI=1S/C9H16N2/c1-2-3-5-9(8-11)6-4-7-10/h2-6H,7-8,10-11H2,1H3/b3-2-,6-4+,9-5+. The van der Waals surface area contributed by atoms with Crippen LogP contribution in [0.5, 0.6) is 0 Å². The van der Waals surface area contributed by atoms with Crippen LogP contribution in [-0.4, -0.2) is 13.1 Å². The van der Waals surface area contributed by atoms with Crippen molar-refractivity contribution < 1.29 is 0 Å². The van der Waals surface area contributed by atoms with Gasteiger partial charge in [0.15, 0.2) is 0 Å². The topological polar surface area (TPSA) is 52.0 Å². The van der Waals surface area contributed by atoms with Gasteiger partial charge >= 0.3 is 0 Å². The lowest BCUT2D eigenvalue weighted by Crippen LogP contribution is -2.01. The van der Waals surface area contributed by atoms with Gasteiger partial charge in [0.05, 0.1) is 0 Å². The monoisotopic (exact) mass is 152 g/mol. The normalized spacial score (nSPS) is 13.5. The molecular formula is C9H16N2. The highest BCUT2D eigenvalue weighted by atomic mass is 14.5. The Kier molecular flexibility index (Phi) is 6.68. The first kappa shape index (κ1) is 10.1. The van der Waals surface area contributed by atoms with Crippen molar-refractivity contribution in [2.75, 3.05) is 13.1 Å². The Morgan fingerprint density at radius 2 is 2.09 bits per heavy atom. The first-order valence-corrected chi connectivity index (χ1v) is 3.73. The molecule has 0 aromatic carbocycles. The number of hydrogen-bond acceptors (Lipinski definition) is 2. The Morgan fingerprint density at radius 1 is 1.36 bits per heavy atom. The number of nitrogens with two attached hydrogens (primary N) is 2. The van der Waals surface area contributed by atoms with Crippen LogP contribution in [0.15, 0.2) is 36.0 Å². The summed E-state index contributed by atoms with van der Waals surface area (Å²) in [6, 6.07) is 0. The van der Waals surface area contributed by atoms with Gasteiger partial charge in [-0.25, -0.2) is 0 Å². The van der Waals surface area contributed by atoms with E-state index >= 15 is 0 Å². The highest BCUT2D eigenvalue weighted by molar-refractivity contribution is 5.24. The molecule has 0 spiro atoms. The minimum Gasteiger partial charge on any atom is -0.327 e. The second kappa shape index (κ2) is 7.25. The maximum absolute atomic E-state index is 5.46. The largest absolute Gasteiger partial charge is 0.327 e. The van der Waals surface area contributed by atoms with Crippen molar-refractivity contribution in [1.82, 2.24) is 0 Å². The molecule has 0 fully saturated rings. The Bertz CT molecular complexity index is 166. The summed E-state index contributed by atoms with van der Waals surface area (Å²) in [4.78, 5) is 0. The third-order valence-corrected chi connectivity index (χ3v) is 1.21. The second-order valence-electron chi connectivity index (χ2n) is 2.11. The summed E-state index contributed by atoms with van der Waals surface area (Å²) in [5.74, 6) is 0. The van der Waals surface area contributed by atoms with E-state index in [1.165, 1.54) is 0 Å². The highest BCUT2D eigenvalue weighted by Crippen LogP contribution is 1.93. The average molecular weight is 152 g/mol. The predicted octanol–water partition coefficient (Wildman–Crippen LogP) is 0.963.